The van der Waals surface area contributed by atoms with Gasteiger partial charge in [-0.15, -0.1) is 12.4 Å². The van der Waals surface area contributed by atoms with E-state index >= 15 is 0 Å². The van der Waals surface area contributed by atoms with Crippen molar-refractivity contribution in [3.8, 4) is 0 Å². The quantitative estimate of drug-likeness (QED) is 0.819. The average molecular weight is 213 g/mol. The number of aromatic nitrogens is 1. The van der Waals surface area contributed by atoms with Crippen molar-refractivity contribution >= 4 is 12.4 Å². The van der Waals surface area contributed by atoms with Gasteiger partial charge in [0.15, 0.2) is 0 Å². The van der Waals surface area contributed by atoms with E-state index in [0.717, 1.165) is 5.69 Å². The molecule has 1 fully saturated rings. The molecule has 0 aliphatic heterocycles. The maximum absolute atomic E-state index is 5.62. The Kier molecular flexibility index (Phi) is 3.90. The highest BCUT2D eigenvalue weighted by Crippen LogP contribution is 2.35. The van der Waals surface area contributed by atoms with Gasteiger partial charge in [-0.2, -0.15) is 0 Å². The third-order valence-corrected chi connectivity index (χ3v) is 2.79. The second-order valence-electron chi connectivity index (χ2n) is 3.87. The molecule has 1 aliphatic rings. The van der Waals surface area contributed by atoms with E-state index in [4.69, 9.17) is 5.73 Å². The lowest BCUT2D eigenvalue weighted by molar-refractivity contribution is 0.410. The van der Waals surface area contributed by atoms with Gasteiger partial charge < -0.3 is 5.73 Å². The molecule has 0 amide bonds. The highest BCUT2D eigenvalue weighted by atomic mass is 35.5. The van der Waals surface area contributed by atoms with Crippen LogP contribution in [0.1, 0.15) is 42.1 Å². The Bertz CT molecular complexity index is 308. The summed E-state index contributed by atoms with van der Waals surface area (Å²) in [7, 11) is 0. The van der Waals surface area contributed by atoms with Crippen molar-refractivity contribution in [1.29, 1.82) is 0 Å². The zero-order chi connectivity index (χ0) is 9.26. The summed E-state index contributed by atoms with van der Waals surface area (Å²) in [5, 5.41) is 0. The molecule has 0 saturated heterocycles. The van der Waals surface area contributed by atoms with E-state index in [1.54, 1.807) is 0 Å². The number of hydrogen-bond acceptors (Lipinski definition) is 2. The maximum Gasteiger partial charge on any atom is 0.0440 e. The average Bonchev–Trinajstić information content (AvgIpc) is 2.00. The van der Waals surface area contributed by atoms with Crippen LogP contribution in [0, 0.1) is 6.92 Å². The molecule has 1 aliphatic carbocycles. The summed E-state index contributed by atoms with van der Waals surface area (Å²) >= 11 is 0. The molecule has 14 heavy (non-hydrogen) atoms. The van der Waals surface area contributed by atoms with Crippen LogP contribution >= 0.6 is 12.4 Å². The highest BCUT2D eigenvalue weighted by Gasteiger charge is 2.20. The lowest BCUT2D eigenvalue weighted by Gasteiger charge is -2.25. The topological polar surface area (TPSA) is 38.9 Å². The molecule has 0 radical (unpaired) electrons. The van der Waals surface area contributed by atoms with Crippen LogP contribution in [0.2, 0.25) is 0 Å². The molecule has 78 valence electrons. The lowest BCUT2D eigenvalue weighted by Crippen LogP contribution is -2.12. The fourth-order valence-electron chi connectivity index (χ4n) is 1.80. The Balaban J connectivity index is 0.000000980. The highest BCUT2D eigenvalue weighted by molar-refractivity contribution is 5.85. The lowest BCUT2D eigenvalue weighted by atomic mass is 9.82. The number of pyridine rings is 1. The number of halogens is 1. The predicted molar refractivity (Wildman–Crippen MR) is 60.7 cm³/mol. The summed E-state index contributed by atoms with van der Waals surface area (Å²) in [6.45, 7) is 2.67. The van der Waals surface area contributed by atoms with Gasteiger partial charge in [0.25, 0.3) is 0 Å². The number of nitrogens with two attached hydrogens (primary N) is 1. The fraction of sp³-hybridized carbons (Fsp3) is 0.545. The van der Waals surface area contributed by atoms with Crippen molar-refractivity contribution in [1.82, 2.24) is 4.98 Å². The van der Waals surface area contributed by atoms with E-state index in [1.807, 2.05) is 6.92 Å². The van der Waals surface area contributed by atoms with Crippen LogP contribution in [0.3, 0.4) is 0 Å². The molecular formula is C11H17ClN2. The zero-order valence-electron chi connectivity index (χ0n) is 8.49. The van der Waals surface area contributed by atoms with E-state index in [1.165, 1.54) is 30.5 Å². The Morgan fingerprint density at radius 1 is 1.43 bits per heavy atom. The van der Waals surface area contributed by atoms with E-state index in [-0.39, 0.29) is 12.4 Å². The Hall–Kier alpha value is -0.600. The molecule has 1 heterocycles. The van der Waals surface area contributed by atoms with Crippen molar-refractivity contribution in [2.75, 3.05) is 0 Å². The summed E-state index contributed by atoms with van der Waals surface area (Å²) in [6, 6.07) is 4.24. The van der Waals surface area contributed by atoms with Gasteiger partial charge in [-0.1, -0.05) is 6.42 Å². The van der Waals surface area contributed by atoms with Gasteiger partial charge in [-0.25, -0.2) is 0 Å². The van der Waals surface area contributed by atoms with Crippen LogP contribution in [-0.2, 0) is 6.54 Å². The first-order chi connectivity index (χ1) is 6.29. The van der Waals surface area contributed by atoms with Gasteiger partial charge in [0.2, 0.25) is 0 Å². The molecular weight excluding hydrogens is 196 g/mol. The smallest absolute Gasteiger partial charge is 0.0440 e. The largest absolute Gasteiger partial charge is 0.326 e. The second-order valence-corrected chi connectivity index (χ2v) is 3.87. The van der Waals surface area contributed by atoms with Gasteiger partial charge in [0.05, 0.1) is 0 Å². The van der Waals surface area contributed by atoms with Crippen LogP contribution in [0.25, 0.3) is 0 Å². The molecule has 3 heteroatoms. The first-order valence-corrected chi connectivity index (χ1v) is 4.97. The van der Waals surface area contributed by atoms with Crippen LogP contribution in [0.5, 0.6) is 0 Å². The molecule has 0 unspecified atom stereocenters. The minimum atomic E-state index is 0. The number of aryl methyl sites for hydroxylation is 1. The van der Waals surface area contributed by atoms with E-state index in [9.17, 15) is 0 Å². The number of rotatable bonds is 2. The van der Waals surface area contributed by atoms with Crippen LogP contribution in [0.15, 0.2) is 12.1 Å². The van der Waals surface area contributed by atoms with Crippen LogP contribution in [-0.4, -0.2) is 4.98 Å². The molecule has 2 nitrogen and oxygen atoms in total. The van der Waals surface area contributed by atoms with Gasteiger partial charge in [0.1, 0.15) is 0 Å². The molecule has 2 N–H and O–H groups in total. The standard InChI is InChI=1S/C11H16N2.ClH/c1-8-5-9(7-12)6-11(13-8)10-3-2-4-10;/h5-6,10H,2-4,7,12H2,1H3;1H. The van der Waals surface area contributed by atoms with Gasteiger partial charge in [-0.3, -0.25) is 4.98 Å². The normalized spacial score (nSPS) is 15.9. The number of nitrogens with zero attached hydrogens (tertiary/aromatic N) is 1. The first-order valence-electron chi connectivity index (χ1n) is 4.97. The Morgan fingerprint density at radius 3 is 2.64 bits per heavy atom. The summed E-state index contributed by atoms with van der Waals surface area (Å²) < 4.78 is 0. The zero-order valence-corrected chi connectivity index (χ0v) is 9.31. The third kappa shape index (κ3) is 2.25. The van der Waals surface area contributed by atoms with Gasteiger partial charge in [0, 0.05) is 23.9 Å². The predicted octanol–water partition coefficient (Wildman–Crippen LogP) is 2.54. The summed E-state index contributed by atoms with van der Waals surface area (Å²) in [4.78, 5) is 4.55. The number of hydrogen-bond donors (Lipinski definition) is 1. The fourth-order valence-corrected chi connectivity index (χ4v) is 1.80. The second kappa shape index (κ2) is 4.76. The van der Waals surface area contributed by atoms with Crippen LogP contribution < -0.4 is 5.73 Å². The van der Waals surface area contributed by atoms with Crippen molar-refractivity contribution < 1.29 is 0 Å². The van der Waals surface area contributed by atoms with E-state index < -0.39 is 0 Å². The molecule has 0 aromatic carbocycles. The minimum absolute atomic E-state index is 0. The first kappa shape index (κ1) is 11.5. The molecule has 1 saturated carbocycles. The van der Waals surface area contributed by atoms with Crippen LogP contribution in [0.4, 0.5) is 0 Å². The van der Waals surface area contributed by atoms with Crippen molar-refractivity contribution in [3.05, 3.63) is 29.1 Å². The molecule has 0 atom stereocenters. The van der Waals surface area contributed by atoms with Crippen molar-refractivity contribution in [2.24, 2.45) is 5.73 Å². The molecule has 0 spiro atoms. The monoisotopic (exact) mass is 212 g/mol. The van der Waals surface area contributed by atoms with Gasteiger partial charge >= 0.3 is 0 Å². The third-order valence-electron chi connectivity index (χ3n) is 2.79. The Labute approximate surface area is 91.3 Å². The van der Waals surface area contributed by atoms with E-state index in [2.05, 4.69) is 17.1 Å². The molecule has 2 rings (SSSR count). The Morgan fingerprint density at radius 2 is 2.14 bits per heavy atom. The summed E-state index contributed by atoms with van der Waals surface area (Å²) in [6.07, 6.45) is 3.97. The maximum atomic E-state index is 5.62. The molecule has 1 aromatic rings. The molecule has 0 bridgehead atoms. The SMILES string of the molecule is Cc1cc(CN)cc(C2CCC2)n1.Cl. The summed E-state index contributed by atoms with van der Waals surface area (Å²) in [5.41, 5.74) is 9.19. The molecule has 1 aromatic heterocycles. The van der Waals surface area contributed by atoms with E-state index in [0.29, 0.717) is 12.5 Å². The van der Waals surface area contributed by atoms with Crippen molar-refractivity contribution in [3.63, 3.8) is 0 Å². The van der Waals surface area contributed by atoms with Crippen molar-refractivity contribution in [2.45, 2.75) is 38.6 Å². The summed E-state index contributed by atoms with van der Waals surface area (Å²) in [5.74, 6) is 0.713. The minimum Gasteiger partial charge on any atom is -0.326 e. The van der Waals surface area contributed by atoms with Gasteiger partial charge in [-0.05, 0) is 37.5 Å².